The molecule has 26 heavy (non-hydrogen) atoms. The molecule has 0 aliphatic rings. The van der Waals surface area contributed by atoms with Gasteiger partial charge in [0, 0.05) is 11.4 Å². The number of hydrogen-bond acceptors (Lipinski definition) is 3. The monoisotopic (exact) mass is 368 g/mol. The van der Waals surface area contributed by atoms with Crippen LogP contribution < -0.4 is 5.32 Å². The third kappa shape index (κ3) is 4.36. The quantitative estimate of drug-likeness (QED) is 0.690. The first-order chi connectivity index (χ1) is 12.5. The fraction of sp³-hybridized carbons (Fsp3) is 0.190. The Morgan fingerprint density at radius 1 is 1.04 bits per heavy atom. The van der Waals surface area contributed by atoms with Gasteiger partial charge < -0.3 is 10.2 Å². The zero-order valence-corrected chi connectivity index (χ0v) is 15.6. The van der Waals surface area contributed by atoms with Crippen molar-refractivity contribution in [3.05, 3.63) is 83.0 Å². The molecule has 0 saturated heterocycles. The highest BCUT2D eigenvalue weighted by Crippen LogP contribution is 2.28. The van der Waals surface area contributed by atoms with Crippen molar-refractivity contribution in [3.8, 4) is 10.4 Å². The number of halogens is 1. The fourth-order valence-corrected chi connectivity index (χ4v) is 3.71. The van der Waals surface area contributed by atoms with E-state index >= 15 is 0 Å². The van der Waals surface area contributed by atoms with Gasteiger partial charge in [0.1, 0.15) is 5.82 Å². The summed E-state index contributed by atoms with van der Waals surface area (Å²) in [5.41, 5.74) is 2.07. The zero-order chi connectivity index (χ0) is 18.5. The first-order valence-electron chi connectivity index (χ1n) is 8.40. The molecule has 3 aromatic rings. The Labute approximate surface area is 157 Å². The van der Waals surface area contributed by atoms with Crippen LogP contribution in [0.25, 0.3) is 10.4 Å². The number of carbonyl (C=O) groups excluding carboxylic acids is 1. The van der Waals surface area contributed by atoms with Crippen LogP contribution in [0.5, 0.6) is 0 Å². The molecule has 0 aliphatic heterocycles. The molecule has 0 aliphatic carbocycles. The van der Waals surface area contributed by atoms with Crippen LogP contribution in [0.1, 0.15) is 21.3 Å². The summed E-state index contributed by atoms with van der Waals surface area (Å²) >= 11 is 1.41. The highest BCUT2D eigenvalue weighted by Gasteiger charge is 2.16. The lowest BCUT2D eigenvalue weighted by atomic mass is 10.1. The molecule has 1 aromatic heterocycles. The predicted octanol–water partition coefficient (Wildman–Crippen LogP) is 4.59. The van der Waals surface area contributed by atoms with E-state index in [1.807, 2.05) is 44.4 Å². The van der Waals surface area contributed by atoms with Gasteiger partial charge in [-0.3, -0.25) is 4.79 Å². The molecule has 5 heteroatoms. The summed E-state index contributed by atoms with van der Waals surface area (Å²) in [6.07, 6.45) is 0. The van der Waals surface area contributed by atoms with Crippen molar-refractivity contribution < 1.29 is 9.18 Å². The van der Waals surface area contributed by atoms with Gasteiger partial charge in [-0.15, -0.1) is 11.3 Å². The molecule has 134 valence electrons. The number of likely N-dealkylation sites (N-methyl/N-ethyl adjacent to an activating group) is 1. The second-order valence-corrected chi connectivity index (χ2v) is 7.35. The van der Waals surface area contributed by atoms with E-state index in [1.54, 1.807) is 12.1 Å². The summed E-state index contributed by atoms with van der Waals surface area (Å²) in [6.45, 7) is 0.527. The van der Waals surface area contributed by atoms with Crippen LogP contribution in [0.3, 0.4) is 0 Å². The molecule has 1 atom stereocenters. The zero-order valence-electron chi connectivity index (χ0n) is 14.8. The van der Waals surface area contributed by atoms with E-state index < -0.39 is 0 Å². The van der Waals surface area contributed by atoms with Gasteiger partial charge >= 0.3 is 0 Å². The van der Waals surface area contributed by atoms with E-state index in [0.29, 0.717) is 11.4 Å². The summed E-state index contributed by atoms with van der Waals surface area (Å²) in [4.78, 5) is 16.2. The first-order valence-corrected chi connectivity index (χ1v) is 9.21. The van der Waals surface area contributed by atoms with E-state index in [1.165, 1.54) is 23.5 Å². The highest BCUT2D eigenvalue weighted by molar-refractivity contribution is 7.17. The summed E-state index contributed by atoms with van der Waals surface area (Å²) < 4.78 is 13.1. The maximum atomic E-state index is 13.1. The molecule has 1 N–H and O–H groups in total. The lowest BCUT2D eigenvalue weighted by Crippen LogP contribution is -2.34. The van der Waals surface area contributed by atoms with E-state index in [9.17, 15) is 9.18 Å². The standard InChI is InChI=1S/C21H21FN2OS/c1-24(2)18(15-6-4-3-5-7-15)14-23-21(25)20-13-12-19(26-20)16-8-10-17(22)11-9-16/h3-13,18H,14H2,1-2H3,(H,23,25)/t18-/m1/s1. The Bertz CT molecular complexity index is 859. The predicted molar refractivity (Wildman–Crippen MR) is 105 cm³/mol. The third-order valence-corrected chi connectivity index (χ3v) is 5.36. The molecular formula is C21H21FN2OS. The Balaban J connectivity index is 1.67. The normalized spacial score (nSPS) is 12.2. The van der Waals surface area contributed by atoms with Gasteiger partial charge in [-0.05, 0) is 49.5 Å². The van der Waals surface area contributed by atoms with Crippen molar-refractivity contribution in [1.29, 1.82) is 0 Å². The Morgan fingerprint density at radius 2 is 1.73 bits per heavy atom. The average Bonchev–Trinajstić information content (AvgIpc) is 3.13. The molecule has 0 saturated carbocycles. The largest absolute Gasteiger partial charge is 0.349 e. The minimum absolute atomic E-state index is 0.0915. The van der Waals surface area contributed by atoms with Crippen molar-refractivity contribution in [2.75, 3.05) is 20.6 Å². The molecule has 0 bridgehead atoms. The number of carbonyl (C=O) groups is 1. The van der Waals surface area contributed by atoms with Crippen molar-refractivity contribution in [2.24, 2.45) is 0 Å². The number of benzene rings is 2. The summed E-state index contributed by atoms with van der Waals surface area (Å²) in [7, 11) is 4.00. The van der Waals surface area contributed by atoms with Gasteiger partial charge in [0.05, 0.1) is 10.9 Å². The van der Waals surface area contributed by atoms with Crippen LogP contribution in [0.2, 0.25) is 0 Å². The average molecular weight is 368 g/mol. The number of nitrogens with one attached hydrogen (secondary N) is 1. The van der Waals surface area contributed by atoms with Crippen molar-refractivity contribution in [3.63, 3.8) is 0 Å². The van der Waals surface area contributed by atoms with Crippen LogP contribution in [-0.2, 0) is 0 Å². The molecule has 3 nitrogen and oxygen atoms in total. The molecule has 0 spiro atoms. The van der Waals surface area contributed by atoms with Gasteiger partial charge in [0.25, 0.3) is 5.91 Å². The van der Waals surface area contributed by atoms with Crippen molar-refractivity contribution in [1.82, 2.24) is 10.2 Å². The van der Waals surface area contributed by atoms with Crippen LogP contribution in [0, 0.1) is 5.82 Å². The number of thiophene rings is 1. The topological polar surface area (TPSA) is 32.3 Å². The van der Waals surface area contributed by atoms with E-state index in [4.69, 9.17) is 0 Å². The Morgan fingerprint density at radius 3 is 2.38 bits per heavy atom. The third-order valence-electron chi connectivity index (χ3n) is 4.22. The van der Waals surface area contributed by atoms with E-state index in [-0.39, 0.29) is 17.8 Å². The number of hydrogen-bond donors (Lipinski definition) is 1. The minimum Gasteiger partial charge on any atom is -0.349 e. The van der Waals surface area contributed by atoms with Gasteiger partial charge in [-0.25, -0.2) is 4.39 Å². The molecule has 1 amide bonds. The number of rotatable bonds is 6. The number of amides is 1. The lowest BCUT2D eigenvalue weighted by Gasteiger charge is -2.25. The summed E-state index contributed by atoms with van der Waals surface area (Å²) in [5.74, 6) is -0.356. The molecule has 3 rings (SSSR count). The molecular weight excluding hydrogens is 347 g/mol. The molecule has 0 radical (unpaired) electrons. The van der Waals surface area contributed by atoms with Crippen molar-refractivity contribution in [2.45, 2.75) is 6.04 Å². The Hall–Kier alpha value is -2.50. The van der Waals surface area contributed by atoms with Gasteiger partial charge in [0.15, 0.2) is 0 Å². The molecule has 2 aromatic carbocycles. The summed E-state index contributed by atoms with van der Waals surface area (Å²) in [6, 6.07) is 20.2. The van der Waals surface area contributed by atoms with Crippen LogP contribution >= 0.6 is 11.3 Å². The van der Waals surface area contributed by atoms with E-state index in [0.717, 1.165) is 16.0 Å². The fourth-order valence-electron chi connectivity index (χ4n) is 2.78. The maximum Gasteiger partial charge on any atom is 0.261 e. The maximum absolute atomic E-state index is 13.1. The van der Waals surface area contributed by atoms with Crippen molar-refractivity contribution >= 4 is 17.2 Å². The molecule has 0 fully saturated rings. The van der Waals surface area contributed by atoms with Gasteiger partial charge in [-0.1, -0.05) is 42.5 Å². The Kier molecular flexibility index (Phi) is 5.81. The van der Waals surface area contributed by atoms with Gasteiger partial charge in [0.2, 0.25) is 0 Å². The van der Waals surface area contributed by atoms with Crippen LogP contribution in [0.15, 0.2) is 66.7 Å². The summed E-state index contributed by atoms with van der Waals surface area (Å²) in [5, 5.41) is 3.02. The second-order valence-electron chi connectivity index (χ2n) is 6.27. The molecule has 0 unspecified atom stereocenters. The SMILES string of the molecule is CN(C)[C@H](CNC(=O)c1ccc(-c2ccc(F)cc2)s1)c1ccccc1. The first kappa shape index (κ1) is 18.3. The number of nitrogens with zero attached hydrogens (tertiary/aromatic N) is 1. The lowest BCUT2D eigenvalue weighted by molar-refractivity contribution is 0.0946. The second kappa shape index (κ2) is 8.25. The van der Waals surface area contributed by atoms with E-state index in [2.05, 4.69) is 22.3 Å². The minimum atomic E-state index is -0.265. The van der Waals surface area contributed by atoms with Crippen LogP contribution in [0.4, 0.5) is 4.39 Å². The molecule has 1 heterocycles. The highest BCUT2D eigenvalue weighted by atomic mass is 32.1. The smallest absolute Gasteiger partial charge is 0.261 e. The van der Waals surface area contributed by atoms with Gasteiger partial charge in [-0.2, -0.15) is 0 Å². The van der Waals surface area contributed by atoms with Crippen LogP contribution in [-0.4, -0.2) is 31.4 Å².